The molecule has 1 aliphatic heterocycles. The van der Waals surface area contributed by atoms with Crippen molar-refractivity contribution in [2.24, 2.45) is 0 Å². The lowest BCUT2D eigenvalue weighted by atomic mass is 10.4. The van der Waals surface area contributed by atoms with Gasteiger partial charge in [-0.15, -0.1) is 0 Å². The predicted molar refractivity (Wildman–Crippen MR) is 132 cm³/mol. The molecule has 0 aromatic heterocycles. The van der Waals surface area contributed by atoms with E-state index in [4.69, 9.17) is 12.3 Å². The van der Waals surface area contributed by atoms with Crippen LogP contribution in [-0.4, -0.2) is 26.4 Å². The molecule has 3 nitrogen and oxygen atoms in total. The number of hydrogen-bond donors (Lipinski definition) is 0. The van der Waals surface area contributed by atoms with Gasteiger partial charge in [-0.1, -0.05) is 121 Å². The fourth-order valence-electron chi connectivity index (χ4n) is 4.05. The molecular weight excluding hydrogens is 433 g/mol. The molecule has 1 saturated heterocycles. The Morgan fingerprint density at radius 1 is 0.516 bits per heavy atom. The van der Waals surface area contributed by atoms with Crippen LogP contribution < -0.4 is 20.7 Å². The Labute approximate surface area is 187 Å². The second-order valence-electron chi connectivity index (χ2n) is 7.74. The third-order valence-electron chi connectivity index (χ3n) is 5.62. The van der Waals surface area contributed by atoms with Crippen molar-refractivity contribution in [3.63, 3.8) is 0 Å². The van der Waals surface area contributed by atoms with E-state index in [1.807, 2.05) is 24.3 Å². The topological polar surface area (TPSA) is 27.7 Å². The number of benzene rings is 4. The van der Waals surface area contributed by atoms with Crippen LogP contribution in [0.5, 0.6) is 0 Å². The van der Waals surface area contributed by atoms with E-state index in [1.54, 1.807) is 0 Å². The maximum atomic E-state index is 7.14. The van der Waals surface area contributed by atoms with Crippen molar-refractivity contribution >= 4 is 47.2 Å². The second-order valence-corrected chi connectivity index (χ2v) is 16.6. The van der Waals surface area contributed by atoms with E-state index in [1.165, 1.54) is 0 Å². The first-order chi connectivity index (χ1) is 15.2. The van der Waals surface area contributed by atoms with Gasteiger partial charge >= 0.3 is 26.4 Å². The van der Waals surface area contributed by atoms with Crippen molar-refractivity contribution < 1.29 is 12.3 Å². The zero-order chi connectivity index (χ0) is 21.2. The maximum Gasteiger partial charge on any atom is 0.389 e. The molecule has 154 valence electrons. The van der Waals surface area contributed by atoms with Gasteiger partial charge in [-0.25, -0.2) is 0 Å². The monoisotopic (exact) mass is 456 g/mol. The minimum Gasteiger partial charge on any atom is -0.411 e. The Morgan fingerprint density at radius 3 is 1.42 bits per heavy atom. The molecule has 1 aliphatic rings. The van der Waals surface area contributed by atoms with Crippen molar-refractivity contribution in [1.82, 2.24) is 0 Å². The Hall–Kier alpha value is -2.59. The summed E-state index contributed by atoms with van der Waals surface area (Å²) in [6.07, 6.45) is 0. The van der Waals surface area contributed by atoms with Crippen LogP contribution in [0, 0.1) is 0 Å². The van der Waals surface area contributed by atoms with E-state index in [2.05, 4.69) is 104 Å². The van der Waals surface area contributed by atoms with Gasteiger partial charge in [0.2, 0.25) is 0 Å². The average Bonchev–Trinajstić information content (AvgIpc) is 2.86. The lowest BCUT2D eigenvalue weighted by Crippen LogP contribution is -2.78. The molecule has 31 heavy (non-hydrogen) atoms. The van der Waals surface area contributed by atoms with Gasteiger partial charge in [0.1, 0.15) is 0 Å². The van der Waals surface area contributed by atoms with Gasteiger partial charge in [0.25, 0.3) is 0 Å². The molecule has 6 heteroatoms. The Balaban J connectivity index is 1.72. The molecule has 0 N–H and O–H groups in total. The van der Waals surface area contributed by atoms with Gasteiger partial charge in [0.15, 0.2) is 0 Å². The number of rotatable bonds is 4. The van der Waals surface area contributed by atoms with Crippen LogP contribution in [-0.2, 0) is 12.3 Å². The van der Waals surface area contributed by atoms with Crippen molar-refractivity contribution in [2.75, 3.05) is 0 Å². The van der Waals surface area contributed by atoms with Crippen LogP contribution in [0.15, 0.2) is 121 Å². The molecule has 0 spiro atoms. The second kappa shape index (κ2) is 8.51. The fourth-order valence-corrected chi connectivity index (χ4v) is 18.0. The average molecular weight is 457 g/mol. The normalized spacial score (nSPS) is 22.7. The molecule has 5 rings (SSSR count). The van der Waals surface area contributed by atoms with Gasteiger partial charge in [0.05, 0.1) is 0 Å². The highest BCUT2D eigenvalue weighted by Crippen LogP contribution is 2.25. The van der Waals surface area contributed by atoms with Crippen LogP contribution in [0.25, 0.3) is 0 Å². The highest BCUT2D eigenvalue weighted by atomic mass is 28.5. The minimum absolute atomic E-state index is 1.12. The lowest BCUT2D eigenvalue weighted by Gasteiger charge is -2.47. The molecule has 1 fully saturated rings. The highest BCUT2D eigenvalue weighted by molar-refractivity contribution is 7.06. The Kier molecular flexibility index (Phi) is 5.58. The van der Waals surface area contributed by atoms with Crippen LogP contribution in [0.1, 0.15) is 0 Å². The maximum absolute atomic E-state index is 7.14. The quantitative estimate of drug-likeness (QED) is 0.442. The van der Waals surface area contributed by atoms with Crippen LogP contribution in [0.2, 0.25) is 6.55 Å². The standard InChI is InChI=1S/C25H24O3Si3/c1-30(23-16-8-3-9-17-23)26-29(22-14-6-2-7-15-22)27-31(28-30,24-18-10-4-11-19-24)25-20-12-5-13-21-25/h2-21,29H,1H3. The molecule has 0 aliphatic carbocycles. The summed E-state index contributed by atoms with van der Waals surface area (Å²) in [5, 5.41) is 4.51. The largest absolute Gasteiger partial charge is 0.411 e. The highest BCUT2D eigenvalue weighted by Gasteiger charge is 2.57. The van der Waals surface area contributed by atoms with E-state index in [0.29, 0.717) is 0 Å². The molecule has 0 radical (unpaired) electrons. The van der Waals surface area contributed by atoms with Crippen molar-refractivity contribution in [3.05, 3.63) is 121 Å². The Bertz CT molecular complexity index is 1090. The fraction of sp³-hybridized carbons (Fsp3) is 0.0400. The summed E-state index contributed by atoms with van der Waals surface area (Å²) in [5.74, 6) is 0. The van der Waals surface area contributed by atoms with E-state index < -0.39 is 26.4 Å². The summed E-state index contributed by atoms with van der Waals surface area (Å²) in [7, 11) is -8.01. The van der Waals surface area contributed by atoms with E-state index in [0.717, 1.165) is 20.7 Å². The molecule has 2 unspecified atom stereocenters. The van der Waals surface area contributed by atoms with Crippen molar-refractivity contribution in [3.8, 4) is 0 Å². The first-order valence-electron chi connectivity index (χ1n) is 10.5. The SMILES string of the molecule is C[Si]1(c2ccccc2)O[SiH](c2ccccc2)O[Si](c2ccccc2)(c2ccccc2)O1. The van der Waals surface area contributed by atoms with Crippen LogP contribution in [0.4, 0.5) is 0 Å². The molecular formula is C25H24O3Si3. The van der Waals surface area contributed by atoms with Crippen LogP contribution >= 0.6 is 0 Å². The minimum atomic E-state index is -3.00. The lowest BCUT2D eigenvalue weighted by molar-refractivity contribution is 0.276. The predicted octanol–water partition coefficient (Wildman–Crippen LogP) is 2.41. The first kappa shape index (κ1) is 20.3. The van der Waals surface area contributed by atoms with Gasteiger partial charge in [-0.05, 0) is 27.3 Å². The van der Waals surface area contributed by atoms with Crippen LogP contribution in [0.3, 0.4) is 0 Å². The zero-order valence-corrected chi connectivity index (χ0v) is 20.5. The molecule has 0 amide bonds. The third kappa shape index (κ3) is 3.89. The summed E-state index contributed by atoms with van der Waals surface area (Å²) in [5.41, 5.74) is 0. The molecule has 0 saturated carbocycles. The van der Waals surface area contributed by atoms with Crippen molar-refractivity contribution in [1.29, 1.82) is 0 Å². The summed E-state index contributed by atoms with van der Waals surface area (Å²) in [4.78, 5) is 0. The summed E-state index contributed by atoms with van der Waals surface area (Å²) < 4.78 is 21.0. The Morgan fingerprint density at radius 2 is 0.935 bits per heavy atom. The third-order valence-corrected chi connectivity index (χ3v) is 17.7. The molecule has 0 bridgehead atoms. The number of hydrogen-bond acceptors (Lipinski definition) is 3. The van der Waals surface area contributed by atoms with Gasteiger partial charge < -0.3 is 12.3 Å². The molecule has 1 heterocycles. The zero-order valence-electron chi connectivity index (χ0n) is 17.3. The van der Waals surface area contributed by atoms with Crippen molar-refractivity contribution in [2.45, 2.75) is 6.55 Å². The molecule has 4 aromatic rings. The summed E-state index contributed by atoms with van der Waals surface area (Å²) in [6, 6.07) is 41.7. The molecule has 2 atom stereocenters. The summed E-state index contributed by atoms with van der Waals surface area (Å²) in [6.45, 7) is 2.17. The van der Waals surface area contributed by atoms with E-state index >= 15 is 0 Å². The van der Waals surface area contributed by atoms with Gasteiger partial charge in [-0.3, -0.25) is 0 Å². The molecule has 4 aromatic carbocycles. The summed E-state index contributed by atoms with van der Waals surface area (Å²) >= 11 is 0. The van der Waals surface area contributed by atoms with Gasteiger partial charge in [-0.2, -0.15) is 0 Å². The smallest absolute Gasteiger partial charge is 0.389 e. The van der Waals surface area contributed by atoms with E-state index in [9.17, 15) is 0 Å². The van der Waals surface area contributed by atoms with Gasteiger partial charge in [0, 0.05) is 0 Å². The first-order valence-corrected chi connectivity index (χ1v) is 16.1. The van der Waals surface area contributed by atoms with E-state index in [-0.39, 0.29) is 0 Å².